The van der Waals surface area contributed by atoms with E-state index in [-0.39, 0.29) is 25.3 Å². The Kier molecular flexibility index (Phi) is 5.22. The van der Waals surface area contributed by atoms with Crippen LogP contribution in [-0.2, 0) is 22.6 Å². The van der Waals surface area contributed by atoms with Crippen LogP contribution in [0.15, 0.2) is 0 Å². The van der Waals surface area contributed by atoms with Gasteiger partial charge in [0.05, 0.1) is 12.8 Å². The third kappa shape index (κ3) is 4.89. The molecule has 18 heavy (non-hydrogen) atoms. The number of carbonyl (C=O) groups is 2. The highest BCUT2D eigenvalue weighted by Gasteiger charge is 2.12. The van der Waals surface area contributed by atoms with Gasteiger partial charge in [0.15, 0.2) is 5.82 Å². The molecule has 8 heteroatoms. The summed E-state index contributed by atoms with van der Waals surface area (Å²) >= 11 is 0. The number of nitrogens with zero attached hydrogens (tertiary/aromatic N) is 4. The van der Waals surface area contributed by atoms with Gasteiger partial charge in [0, 0.05) is 13.1 Å². The zero-order chi connectivity index (χ0) is 13.5. The van der Waals surface area contributed by atoms with Gasteiger partial charge < -0.3 is 10.4 Å². The van der Waals surface area contributed by atoms with Gasteiger partial charge in [0.1, 0.15) is 0 Å². The van der Waals surface area contributed by atoms with Crippen molar-refractivity contribution in [2.45, 2.75) is 33.2 Å². The van der Waals surface area contributed by atoms with Crippen LogP contribution in [0.4, 0.5) is 0 Å². The minimum Gasteiger partial charge on any atom is -0.481 e. The van der Waals surface area contributed by atoms with Crippen molar-refractivity contribution >= 4 is 11.9 Å². The van der Waals surface area contributed by atoms with E-state index in [0.717, 1.165) is 0 Å². The molecular weight excluding hydrogens is 238 g/mol. The summed E-state index contributed by atoms with van der Waals surface area (Å²) in [6, 6.07) is 0. The molecule has 1 aromatic rings. The summed E-state index contributed by atoms with van der Waals surface area (Å²) in [4.78, 5) is 21.8. The zero-order valence-corrected chi connectivity index (χ0v) is 10.5. The molecule has 0 aliphatic carbocycles. The highest BCUT2D eigenvalue weighted by molar-refractivity contribution is 5.78. The number of amides is 1. The van der Waals surface area contributed by atoms with Crippen molar-refractivity contribution in [3.8, 4) is 0 Å². The molecule has 0 saturated carbocycles. The molecule has 8 nitrogen and oxygen atoms in total. The lowest BCUT2D eigenvalue weighted by Gasteiger charge is -2.07. The van der Waals surface area contributed by atoms with Gasteiger partial charge in [-0.3, -0.25) is 9.59 Å². The lowest BCUT2D eigenvalue weighted by atomic mass is 10.2. The number of aromatic nitrogens is 4. The van der Waals surface area contributed by atoms with Crippen molar-refractivity contribution in [1.29, 1.82) is 0 Å². The first kappa shape index (κ1) is 14.1. The average Bonchev–Trinajstić information content (AvgIpc) is 2.64. The number of carboxylic acid groups (broad SMARTS) is 1. The molecule has 100 valence electrons. The second-order valence-electron chi connectivity index (χ2n) is 4.34. The monoisotopic (exact) mass is 255 g/mol. The van der Waals surface area contributed by atoms with E-state index < -0.39 is 5.97 Å². The summed E-state index contributed by atoms with van der Waals surface area (Å²) < 4.78 is 1.58. The summed E-state index contributed by atoms with van der Waals surface area (Å²) in [6.07, 6.45) is -0.0397. The van der Waals surface area contributed by atoms with E-state index in [2.05, 4.69) is 20.8 Å². The van der Waals surface area contributed by atoms with Gasteiger partial charge in [-0.15, -0.1) is 5.10 Å². The van der Waals surface area contributed by atoms with Crippen LogP contribution >= 0.6 is 0 Å². The van der Waals surface area contributed by atoms with Gasteiger partial charge >= 0.3 is 5.97 Å². The second-order valence-corrected chi connectivity index (χ2v) is 4.34. The first-order chi connectivity index (χ1) is 8.49. The Balaban J connectivity index is 2.44. The Bertz CT molecular complexity index is 415. The molecule has 0 atom stereocenters. The molecule has 0 aliphatic heterocycles. The van der Waals surface area contributed by atoms with Crippen LogP contribution in [0.25, 0.3) is 0 Å². The summed E-state index contributed by atoms with van der Waals surface area (Å²) in [7, 11) is 0. The highest BCUT2D eigenvalue weighted by Crippen LogP contribution is 2.00. The molecule has 0 fully saturated rings. The fraction of sp³-hybridized carbons (Fsp3) is 0.700. The normalized spacial score (nSPS) is 10.6. The number of carboxylic acids is 1. The highest BCUT2D eigenvalue weighted by atomic mass is 16.4. The van der Waals surface area contributed by atoms with Gasteiger partial charge in [-0.05, 0) is 16.3 Å². The topological polar surface area (TPSA) is 110 Å². The molecule has 0 bridgehead atoms. The minimum absolute atomic E-state index is 0.0549. The van der Waals surface area contributed by atoms with Crippen LogP contribution in [0.1, 0.15) is 26.1 Å². The first-order valence-electron chi connectivity index (χ1n) is 5.72. The fourth-order valence-electron chi connectivity index (χ4n) is 1.35. The van der Waals surface area contributed by atoms with E-state index in [1.807, 2.05) is 13.8 Å². The minimum atomic E-state index is -0.944. The summed E-state index contributed by atoms with van der Waals surface area (Å²) in [5.41, 5.74) is 0. The maximum absolute atomic E-state index is 11.5. The van der Waals surface area contributed by atoms with Crippen molar-refractivity contribution in [3.05, 3.63) is 5.82 Å². The Morgan fingerprint density at radius 1 is 1.44 bits per heavy atom. The number of carbonyl (C=O) groups excluding carboxylic acids is 1. The number of hydrogen-bond donors (Lipinski definition) is 2. The molecule has 0 aromatic carbocycles. The lowest BCUT2D eigenvalue weighted by Crippen LogP contribution is -2.28. The smallest absolute Gasteiger partial charge is 0.305 e. The lowest BCUT2D eigenvalue weighted by molar-refractivity contribution is -0.136. The molecule has 0 saturated heterocycles. The van der Waals surface area contributed by atoms with Crippen LogP contribution in [0.3, 0.4) is 0 Å². The van der Waals surface area contributed by atoms with E-state index in [1.54, 1.807) is 4.68 Å². The van der Waals surface area contributed by atoms with Crippen LogP contribution in [0, 0.1) is 5.92 Å². The van der Waals surface area contributed by atoms with E-state index in [9.17, 15) is 9.59 Å². The number of rotatable bonds is 7. The molecule has 1 aromatic heterocycles. The Labute approximate surface area is 104 Å². The molecule has 0 radical (unpaired) electrons. The third-order valence-electron chi connectivity index (χ3n) is 2.12. The molecule has 0 spiro atoms. The standard InChI is InChI=1S/C10H17N5O3/c1-7(2)6-15-8(12-13-14-15)5-9(16)11-4-3-10(17)18/h7H,3-6H2,1-2H3,(H,11,16)(H,17,18). The average molecular weight is 255 g/mol. The van der Waals surface area contributed by atoms with Crippen molar-refractivity contribution in [3.63, 3.8) is 0 Å². The molecule has 0 unspecified atom stereocenters. The molecule has 1 rings (SSSR count). The van der Waals surface area contributed by atoms with Gasteiger partial charge in [-0.2, -0.15) is 0 Å². The number of nitrogens with one attached hydrogen (secondary N) is 1. The molecule has 1 heterocycles. The SMILES string of the molecule is CC(C)Cn1nnnc1CC(=O)NCCC(=O)O. The van der Waals surface area contributed by atoms with Crippen molar-refractivity contribution in [2.75, 3.05) is 6.54 Å². The molecule has 1 amide bonds. The van der Waals surface area contributed by atoms with E-state index in [0.29, 0.717) is 18.3 Å². The number of aliphatic carboxylic acids is 1. The maximum atomic E-state index is 11.5. The predicted octanol–water partition coefficient (Wildman–Crippen LogP) is -0.537. The number of hydrogen-bond acceptors (Lipinski definition) is 5. The summed E-state index contributed by atoms with van der Waals surface area (Å²) in [5.74, 6) is -0.366. The van der Waals surface area contributed by atoms with Crippen LogP contribution < -0.4 is 5.32 Å². The van der Waals surface area contributed by atoms with E-state index >= 15 is 0 Å². The van der Waals surface area contributed by atoms with Crippen molar-refractivity contribution < 1.29 is 14.7 Å². The molecule has 2 N–H and O–H groups in total. The van der Waals surface area contributed by atoms with E-state index in [4.69, 9.17) is 5.11 Å². The summed E-state index contributed by atoms with van der Waals surface area (Å²) in [6.45, 7) is 4.81. The Morgan fingerprint density at radius 2 is 2.17 bits per heavy atom. The third-order valence-corrected chi connectivity index (χ3v) is 2.12. The van der Waals surface area contributed by atoms with E-state index in [1.165, 1.54) is 0 Å². The first-order valence-corrected chi connectivity index (χ1v) is 5.72. The van der Waals surface area contributed by atoms with Gasteiger partial charge in [0.2, 0.25) is 5.91 Å². The zero-order valence-electron chi connectivity index (χ0n) is 10.5. The second kappa shape index (κ2) is 6.67. The predicted molar refractivity (Wildman–Crippen MR) is 61.6 cm³/mol. The van der Waals surface area contributed by atoms with Gasteiger partial charge in [-0.25, -0.2) is 4.68 Å². The number of tetrazole rings is 1. The fourth-order valence-corrected chi connectivity index (χ4v) is 1.35. The van der Waals surface area contributed by atoms with Crippen LogP contribution in [0.5, 0.6) is 0 Å². The van der Waals surface area contributed by atoms with Crippen molar-refractivity contribution in [2.24, 2.45) is 5.92 Å². The quantitative estimate of drug-likeness (QED) is 0.677. The Hall–Kier alpha value is -1.99. The molecular formula is C10H17N5O3. The van der Waals surface area contributed by atoms with Gasteiger partial charge in [-0.1, -0.05) is 13.8 Å². The maximum Gasteiger partial charge on any atom is 0.305 e. The van der Waals surface area contributed by atoms with Crippen molar-refractivity contribution in [1.82, 2.24) is 25.5 Å². The van der Waals surface area contributed by atoms with Crippen LogP contribution in [-0.4, -0.2) is 43.7 Å². The largest absolute Gasteiger partial charge is 0.481 e. The molecule has 0 aliphatic rings. The Morgan fingerprint density at radius 3 is 2.78 bits per heavy atom. The van der Waals surface area contributed by atoms with Gasteiger partial charge in [0.25, 0.3) is 0 Å². The summed E-state index contributed by atoms with van der Waals surface area (Å²) in [5, 5.41) is 22.0. The van der Waals surface area contributed by atoms with Crippen LogP contribution in [0.2, 0.25) is 0 Å².